The Kier molecular flexibility index (Phi) is 5.10. The Balaban J connectivity index is 1.23. The molecule has 1 heteroatoms. The van der Waals surface area contributed by atoms with Gasteiger partial charge in [0.25, 0.3) is 0 Å². The van der Waals surface area contributed by atoms with E-state index >= 15 is 0 Å². The zero-order valence-corrected chi connectivity index (χ0v) is 24.2. The van der Waals surface area contributed by atoms with Gasteiger partial charge in [-0.3, -0.25) is 0 Å². The highest BCUT2D eigenvalue weighted by Gasteiger charge is 2.16. The SMILES string of the molecule is Cc1cc(C)cc(-c2ccc3ccc4c(-c5ccc(-n6c7ccccc7c7ccccc76)cc5)ccc5ccc2c3c54)c1. The first-order valence-corrected chi connectivity index (χ1v) is 15.0. The van der Waals surface area contributed by atoms with Gasteiger partial charge in [0.05, 0.1) is 11.0 Å². The van der Waals surface area contributed by atoms with E-state index in [1.807, 2.05) is 0 Å². The van der Waals surface area contributed by atoms with Crippen molar-refractivity contribution < 1.29 is 0 Å². The molecule has 0 fully saturated rings. The van der Waals surface area contributed by atoms with E-state index in [1.54, 1.807) is 0 Å². The molecule has 0 unspecified atom stereocenters. The molecule has 0 amide bonds. The predicted molar refractivity (Wildman–Crippen MR) is 185 cm³/mol. The van der Waals surface area contributed by atoms with Gasteiger partial charge in [-0.2, -0.15) is 0 Å². The van der Waals surface area contributed by atoms with Gasteiger partial charge in [-0.15, -0.1) is 0 Å². The van der Waals surface area contributed by atoms with Crippen molar-refractivity contribution in [3.05, 3.63) is 151 Å². The summed E-state index contributed by atoms with van der Waals surface area (Å²) in [5.74, 6) is 0. The molecular formula is C42H29N. The minimum absolute atomic E-state index is 1.18. The highest BCUT2D eigenvalue weighted by Crippen LogP contribution is 2.43. The first-order valence-electron chi connectivity index (χ1n) is 15.0. The zero-order valence-electron chi connectivity index (χ0n) is 24.2. The van der Waals surface area contributed by atoms with Crippen molar-refractivity contribution in [1.29, 1.82) is 0 Å². The van der Waals surface area contributed by atoms with Crippen LogP contribution in [0.5, 0.6) is 0 Å². The third-order valence-electron chi connectivity index (χ3n) is 9.21. The number of fused-ring (bicyclic) bond motifs is 3. The van der Waals surface area contributed by atoms with E-state index < -0.39 is 0 Å². The van der Waals surface area contributed by atoms with Crippen molar-refractivity contribution in [2.24, 2.45) is 0 Å². The molecule has 202 valence electrons. The standard InChI is InChI=1S/C42H29N/c1-26-23-27(2)25-31(24-26)34-20-14-30-15-21-37-33(19-13-29-16-22-38(34)42(30)41(29)37)28-11-17-32(18-12-28)43-39-9-5-3-7-35(39)36-8-4-6-10-40(36)43/h3-25H,1-2H3. The third kappa shape index (κ3) is 3.58. The van der Waals surface area contributed by atoms with Crippen LogP contribution in [0.15, 0.2) is 140 Å². The first-order chi connectivity index (χ1) is 21.1. The van der Waals surface area contributed by atoms with Crippen LogP contribution in [-0.4, -0.2) is 4.57 Å². The van der Waals surface area contributed by atoms with Crippen molar-refractivity contribution in [2.45, 2.75) is 13.8 Å². The molecule has 0 bridgehead atoms. The fourth-order valence-electron chi connectivity index (χ4n) is 7.43. The van der Waals surface area contributed by atoms with E-state index in [2.05, 4.69) is 158 Å². The topological polar surface area (TPSA) is 4.93 Å². The van der Waals surface area contributed by atoms with Crippen molar-refractivity contribution in [2.75, 3.05) is 0 Å². The van der Waals surface area contributed by atoms with Gasteiger partial charge in [0.15, 0.2) is 0 Å². The molecule has 0 aliphatic heterocycles. The van der Waals surface area contributed by atoms with Crippen LogP contribution in [0, 0.1) is 13.8 Å². The predicted octanol–water partition coefficient (Wildman–Crippen LogP) is 11.6. The molecule has 1 heterocycles. The fraction of sp³-hybridized carbons (Fsp3) is 0.0476. The summed E-state index contributed by atoms with van der Waals surface area (Å²) in [5.41, 5.74) is 11.3. The Morgan fingerprint density at radius 2 is 0.884 bits per heavy atom. The van der Waals surface area contributed by atoms with Crippen LogP contribution in [-0.2, 0) is 0 Å². The van der Waals surface area contributed by atoms with Gasteiger partial charge < -0.3 is 4.57 Å². The lowest BCUT2D eigenvalue weighted by Gasteiger charge is -2.17. The number of benzene rings is 8. The Hall–Kier alpha value is -5.40. The second-order valence-corrected chi connectivity index (χ2v) is 11.9. The van der Waals surface area contributed by atoms with E-state index in [1.165, 1.54) is 93.2 Å². The van der Waals surface area contributed by atoms with Crippen LogP contribution in [0.4, 0.5) is 0 Å². The van der Waals surface area contributed by atoms with Crippen LogP contribution in [0.3, 0.4) is 0 Å². The Labute approximate surface area is 250 Å². The average molecular weight is 548 g/mol. The van der Waals surface area contributed by atoms with Crippen LogP contribution in [0.1, 0.15) is 11.1 Å². The summed E-state index contributed by atoms with van der Waals surface area (Å²) >= 11 is 0. The lowest BCUT2D eigenvalue weighted by Crippen LogP contribution is -1.94. The number of aryl methyl sites for hydroxylation is 2. The van der Waals surface area contributed by atoms with E-state index in [-0.39, 0.29) is 0 Å². The number of hydrogen-bond acceptors (Lipinski definition) is 0. The van der Waals surface area contributed by atoms with E-state index in [4.69, 9.17) is 0 Å². The molecule has 1 aromatic heterocycles. The molecule has 0 saturated carbocycles. The number of hydrogen-bond donors (Lipinski definition) is 0. The van der Waals surface area contributed by atoms with Crippen LogP contribution in [0.25, 0.3) is 82.1 Å². The molecule has 9 rings (SSSR count). The van der Waals surface area contributed by atoms with Gasteiger partial charge in [-0.25, -0.2) is 0 Å². The second-order valence-electron chi connectivity index (χ2n) is 11.9. The van der Waals surface area contributed by atoms with Gasteiger partial charge >= 0.3 is 0 Å². The van der Waals surface area contributed by atoms with Gasteiger partial charge in [0, 0.05) is 16.5 Å². The van der Waals surface area contributed by atoms with Crippen LogP contribution >= 0.6 is 0 Å². The molecule has 1 nitrogen and oxygen atoms in total. The summed E-state index contributed by atoms with van der Waals surface area (Å²) < 4.78 is 2.38. The van der Waals surface area contributed by atoms with E-state index in [0.717, 1.165) is 0 Å². The molecule has 43 heavy (non-hydrogen) atoms. The van der Waals surface area contributed by atoms with Crippen molar-refractivity contribution >= 4 is 54.1 Å². The smallest absolute Gasteiger partial charge is 0.0541 e. The summed E-state index contributed by atoms with van der Waals surface area (Å²) in [5, 5.41) is 10.5. The summed E-state index contributed by atoms with van der Waals surface area (Å²) in [6.45, 7) is 4.37. The van der Waals surface area contributed by atoms with Crippen molar-refractivity contribution in [1.82, 2.24) is 4.57 Å². The van der Waals surface area contributed by atoms with Crippen molar-refractivity contribution in [3.63, 3.8) is 0 Å². The number of rotatable bonds is 3. The van der Waals surface area contributed by atoms with Crippen LogP contribution < -0.4 is 0 Å². The molecule has 0 aliphatic rings. The molecule has 0 spiro atoms. The minimum atomic E-state index is 1.18. The lowest BCUT2D eigenvalue weighted by molar-refractivity contribution is 1.18. The normalized spacial score (nSPS) is 12.0. The largest absolute Gasteiger partial charge is 0.309 e. The van der Waals surface area contributed by atoms with Gasteiger partial charge in [-0.1, -0.05) is 126 Å². The average Bonchev–Trinajstić information content (AvgIpc) is 3.37. The maximum Gasteiger partial charge on any atom is 0.0541 e. The van der Waals surface area contributed by atoms with Gasteiger partial charge in [-0.05, 0) is 92.7 Å². The maximum absolute atomic E-state index is 2.38. The summed E-state index contributed by atoms with van der Waals surface area (Å²) in [4.78, 5) is 0. The first kappa shape index (κ1) is 24.2. The van der Waals surface area contributed by atoms with E-state index in [9.17, 15) is 0 Å². The molecule has 9 aromatic rings. The molecule has 0 radical (unpaired) electrons. The number of para-hydroxylation sites is 2. The number of nitrogens with zero attached hydrogens (tertiary/aromatic N) is 1. The quantitative estimate of drug-likeness (QED) is 0.194. The molecule has 0 aliphatic carbocycles. The fourth-order valence-corrected chi connectivity index (χ4v) is 7.43. The van der Waals surface area contributed by atoms with Gasteiger partial charge in [0.2, 0.25) is 0 Å². The Morgan fingerprint density at radius 1 is 0.395 bits per heavy atom. The monoisotopic (exact) mass is 547 g/mol. The lowest BCUT2D eigenvalue weighted by atomic mass is 9.87. The molecule has 0 saturated heterocycles. The minimum Gasteiger partial charge on any atom is -0.309 e. The molecule has 0 atom stereocenters. The maximum atomic E-state index is 2.38. The second kappa shape index (κ2) is 9.05. The molecule has 0 N–H and O–H groups in total. The highest BCUT2D eigenvalue weighted by molar-refractivity contribution is 6.27. The van der Waals surface area contributed by atoms with E-state index in [0.29, 0.717) is 0 Å². The Bertz CT molecular complexity index is 2440. The Morgan fingerprint density at radius 3 is 1.44 bits per heavy atom. The summed E-state index contributed by atoms with van der Waals surface area (Å²) in [6.07, 6.45) is 0. The third-order valence-corrected chi connectivity index (χ3v) is 9.21. The summed E-state index contributed by atoms with van der Waals surface area (Å²) in [6, 6.07) is 51.8. The zero-order chi connectivity index (χ0) is 28.7. The van der Waals surface area contributed by atoms with Crippen LogP contribution in [0.2, 0.25) is 0 Å². The number of aromatic nitrogens is 1. The van der Waals surface area contributed by atoms with Crippen molar-refractivity contribution in [3.8, 4) is 27.9 Å². The summed E-state index contributed by atoms with van der Waals surface area (Å²) in [7, 11) is 0. The molecular weight excluding hydrogens is 518 g/mol. The highest BCUT2D eigenvalue weighted by atomic mass is 15.0. The molecule has 8 aromatic carbocycles. The van der Waals surface area contributed by atoms with Gasteiger partial charge in [0.1, 0.15) is 0 Å².